The summed E-state index contributed by atoms with van der Waals surface area (Å²) in [6, 6.07) is 5.88. The van der Waals surface area contributed by atoms with Crippen LogP contribution in [0.4, 0.5) is 10.5 Å². The van der Waals surface area contributed by atoms with Gasteiger partial charge in [-0.25, -0.2) is 4.79 Å². The van der Waals surface area contributed by atoms with E-state index >= 15 is 0 Å². The molecular formula is C13H18BrN3O2. The van der Waals surface area contributed by atoms with Crippen molar-refractivity contribution >= 4 is 33.6 Å². The summed E-state index contributed by atoms with van der Waals surface area (Å²) in [7, 11) is 0. The molecule has 2 atom stereocenters. The van der Waals surface area contributed by atoms with Crippen LogP contribution in [-0.2, 0) is 4.79 Å². The minimum Gasteiger partial charge on any atom is -0.352 e. The normalized spacial score (nSPS) is 13.4. The van der Waals surface area contributed by atoms with E-state index in [1.54, 1.807) is 12.1 Å². The van der Waals surface area contributed by atoms with Crippen LogP contribution >= 0.6 is 15.9 Å². The number of anilines is 1. The Morgan fingerprint density at radius 2 is 1.89 bits per heavy atom. The van der Waals surface area contributed by atoms with Crippen molar-refractivity contribution in [2.75, 3.05) is 5.32 Å². The number of hydrogen-bond acceptors (Lipinski definition) is 2. The van der Waals surface area contributed by atoms with E-state index in [2.05, 4.69) is 26.6 Å². The van der Waals surface area contributed by atoms with Gasteiger partial charge in [-0.3, -0.25) is 4.79 Å². The summed E-state index contributed by atoms with van der Waals surface area (Å²) < 4.78 is 0.930. The Morgan fingerprint density at radius 1 is 1.32 bits per heavy atom. The molecular weight excluding hydrogens is 310 g/mol. The fraction of sp³-hybridized carbons (Fsp3) is 0.385. The second-order valence-electron chi connectivity index (χ2n) is 4.37. The summed E-state index contributed by atoms with van der Waals surface area (Å²) in [6.07, 6.45) is 0.763. The molecule has 0 aliphatic heterocycles. The Balaban J connectivity index is 2.76. The molecule has 0 spiro atoms. The molecule has 0 aromatic heterocycles. The highest BCUT2D eigenvalue weighted by molar-refractivity contribution is 9.10. The van der Waals surface area contributed by atoms with Gasteiger partial charge in [-0.05, 0) is 30.2 Å². The number of nitrogens with two attached hydrogens (primary N) is 1. The van der Waals surface area contributed by atoms with Crippen LogP contribution < -0.4 is 16.4 Å². The third-order valence-electron chi connectivity index (χ3n) is 2.90. The first-order valence-corrected chi connectivity index (χ1v) is 6.85. The lowest BCUT2D eigenvalue weighted by Gasteiger charge is -2.22. The number of rotatable bonds is 5. The van der Waals surface area contributed by atoms with Crippen LogP contribution in [0, 0.1) is 5.92 Å². The van der Waals surface area contributed by atoms with Gasteiger partial charge in [0.25, 0.3) is 0 Å². The maximum absolute atomic E-state index is 12.1. The summed E-state index contributed by atoms with van der Waals surface area (Å²) in [5.74, 6) is -0.265. The van der Waals surface area contributed by atoms with Crippen LogP contribution in [0.25, 0.3) is 0 Å². The minimum absolute atomic E-state index is 0.00273. The van der Waals surface area contributed by atoms with Crippen molar-refractivity contribution < 1.29 is 9.59 Å². The molecule has 0 bridgehead atoms. The van der Waals surface area contributed by atoms with Crippen molar-refractivity contribution in [1.29, 1.82) is 0 Å². The number of amides is 3. The van der Waals surface area contributed by atoms with E-state index in [9.17, 15) is 9.59 Å². The van der Waals surface area contributed by atoms with Gasteiger partial charge in [0, 0.05) is 10.2 Å². The number of urea groups is 1. The Labute approximate surface area is 121 Å². The van der Waals surface area contributed by atoms with Gasteiger partial charge in [-0.15, -0.1) is 0 Å². The first-order valence-electron chi connectivity index (χ1n) is 6.06. The summed E-state index contributed by atoms with van der Waals surface area (Å²) in [6.45, 7) is 3.84. The summed E-state index contributed by atoms with van der Waals surface area (Å²) >= 11 is 3.32. The van der Waals surface area contributed by atoms with E-state index in [1.807, 2.05) is 26.0 Å². The molecule has 2 unspecified atom stereocenters. The molecule has 5 nitrogen and oxygen atoms in total. The largest absolute Gasteiger partial charge is 0.352 e. The second kappa shape index (κ2) is 7.13. The standard InChI is InChI=1S/C13H18BrN3O2/c1-3-8(2)11(17-13(15)19)12(18)16-10-6-4-9(14)5-7-10/h4-8,11H,3H2,1-2H3,(H,16,18)(H3,15,17,19). The van der Waals surface area contributed by atoms with Gasteiger partial charge in [0.05, 0.1) is 0 Å². The Kier molecular flexibility index (Phi) is 5.82. The molecule has 4 N–H and O–H groups in total. The van der Waals surface area contributed by atoms with Crippen molar-refractivity contribution in [3.8, 4) is 0 Å². The van der Waals surface area contributed by atoms with Gasteiger partial charge in [0.15, 0.2) is 0 Å². The zero-order chi connectivity index (χ0) is 14.4. The van der Waals surface area contributed by atoms with E-state index < -0.39 is 12.1 Å². The van der Waals surface area contributed by atoms with E-state index in [1.165, 1.54) is 0 Å². The minimum atomic E-state index is -0.698. The van der Waals surface area contributed by atoms with E-state index in [-0.39, 0.29) is 11.8 Å². The molecule has 1 aromatic carbocycles. The average molecular weight is 328 g/mol. The summed E-state index contributed by atoms with van der Waals surface area (Å²) in [5, 5.41) is 5.24. The first kappa shape index (κ1) is 15.5. The zero-order valence-corrected chi connectivity index (χ0v) is 12.5. The maximum Gasteiger partial charge on any atom is 0.312 e. The Morgan fingerprint density at radius 3 is 2.37 bits per heavy atom. The fourth-order valence-corrected chi connectivity index (χ4v) is 1.87. The number of nitrogens with one attached hydrogen (secondary N) is 2. The number of benzene rings is 1. The third kappa shape index (κ3) is 4.90. The smallest absolute Gasteiger partial charge is 0.312 e. The predicted octanol–water partition coefficient (Wildman–Crippen LogP) is 2.47. The zero-order valence-electron chi connectivity index (χ0n) is 10.9. The first-order chi connectivity index (χ1) is 8.93. The maximum atomic E-state index is 12.1. The molecule has 19 heavy (non-hydrogen) atoms. The molecule has 1 rings (SSSR count). The van der Waals surface area contributed by atoms with E-state index in [4.69, 9.17) is 5.73 Å². The van der Waals surface area contributed by atoms with E-state index in [0.29, 0.717) is 5.69 Å². The van der Waals surface area contributed by atoms with Gasteiger partial charge >= 0.3 is 6.03 Å². The SMILES string of the molecule is CCC(C)C(NC(N)=O)C(=O)Nc1ccc(Br)cc1. The molecule has 3 amide bonds. The predicted molar refractivity (Wildman–Crippen MR) is 78.7 cm³/mol. The lowest BCUT2D eigenvalue weighted by atomic mass is 9.98. The van der Waals surface area contributed by atoms with Crippen molar-refractivity contribution in [2.24, 2.45) is 11.7 Å². The topological polar surface area (TPSA) is 84.2 Å². The molecule has 0 aliphatic rings. The van der Waals surface area contributed by atoms with Crippen molar-refractivity contribution in [2.45, 2.75) is 26.3 Å². The third-order valence-corrected chi connectivity index (χ3v) is 3.43. The second-order valence-corrected chi connectivity index (χ2v) is 5.28. The number of primary amides is 1. The summed E-state index contributed by atoms with van der Waals surface area (Å²) in [4.78, 5) is 23.1. The van der Waals surface area contributed by atoms with Crippen LogP contribution in [0.15, 0.2) is 28.7 Å². The fourth-order valence-electron chi connectivity index (χ4n) is 1.61. The quantitative estimate of drug-likeness (QED) is 0.776. The number of carbonyl (C=O) groups excluding carboxylic acids is 2. The molecule has 0 fully saturated rings. The highest BCUT2D eigenvalue weighted by Crippen LogP contribution is 2.16. The number of halogens is 1. The Bertz CT molecular complexity index is 448. The molecule has 104 valence electrons. The molecule has 0 radical (unpaired) electrons. The number of carbonyl (C=O) groups is 2. The average Bonchev–Trinajstić information content (AvgIpc) is 2.37. The van der Waals surface area contributed by atoms with Crippen molar-refractivity contribution in [1.82, 2.24) is 5.32 Å². The lowest BCUT2D eigenvalue weighted by Crippen LogP contribution is -2.49. The van der Waals surface area contributed by atoms with Gasteiger partial charge < -0.3 is 16.4 Å². The monoisotopic (exact) mass is 327 g/mol. The lowest BCUT2D eigenvalue weighted by molar-refractivity contribution is -0.119. The highest BCUT2D eigenvalue weighted by Gasteiger charge is 2.25. The number of hydrogen-bond donors (Lipinski definition) is 3. The highest BCUT2D eigenvalue weighted by atomic mass is 79.9. The molecule has 0 aliphatic carbocycles. The summed E-state index contributed by atoms with van der Waals surface area (Å²) in [5.41, 5.74) is 5.77. The molecule has 1 aromatic rings. The van der Waals surface area contributed by atoms with Crippen LogP contribution in [-0.4, -0.2) is 18.0 Å². The van der Waals surface area contributed by atoms with Gasteiger partial charge in [-0.2, -0.15) is 0 Å². The van der Waals surface area contributed by atoms with Crippen molar-refractivity contribution in [3.05, 3.63) is 28.7 Å². The van der Waals surface area contributed by atoms with Crippen LogP contribution in [0.3, 0.4) is 0 Å². The van der Waals surface area contributed by atoms with Gasteiger partial charge in [0.2, 0.25) is 5.91 Å². The van der Waals surface area contributed by atoms with Gasteiger partial charge in [-0.1, -0.05) is 36.2 Å². The molecule has 0 heterocycles. The Hall–Kier alpha value is -1.56. The molecule has 0 saturated heterocycles. The van der Waals surface area contributed by atoms with Crippen LogP contribution in [0.5, 0.6) is 0 Å². The van der Waals surface area contributed by atoms with E-state index in [0.717, 1.165) is 10.9 Å². The van der Waals surface area contributed by atoms with Crippen LogP contribution in [0.2, 0.25) is 0 Å². The van der Waals surface area contributed by atoms with Gasteiger partial charge in [0.1, 0.15) is 6.04 Å². The van der Waals surface area contributed by atoms with Crippen LogP contribution in [0.1, 0.15) is 20.3 Å². The molecule has 6 heteroatoms. The van der Waals surface area contributed by atoms with Crippen molar-refractivity contribution in [3.63, 3.8) is 0 Å². The molecule has 0 saturated carbocycles.